The normalized spacial score (nSPS) is 20.0. The van der Waals surface area contributed by atoms with Gasteiger partial charge in [0.2, 0.25) is 0 Å². The van der Waals surface area contributed by atoms with Crippen molar-refractivity contribution in [2.45, 2.75) is 38.5 Å². The van der Waals surface area contributed by atoms with Gasteiger partial charge >= 0.3 is 0 Å². The highest BCUT2D eigenvalue weighted by molar-refractivity contribution is 8.14. The van der Waals surface area contributed by atoms with Gasteiger partial charge in [-0.05, 0) is 12.8 Å². The molecule has 0 saturated carbocycles. The first-order valence-electron chi connectivity index (χ1n) is 7.54. The molecule has 2 saturated heterocycles. The van der Waals surface area contributed by atoms with Gasteiger partial charge in [-0.2, -0.15) is 0 Å². The first-order chi connectivity index (χ1) is 10.6. The lowest BCUT2D eigenvalue weighted by Gasteiger charge is -2.27. The summed E-state index contributed by atoms with van der Waals surface area (Å²) < 4.78 is 0. The van der Waals surface area contributed by atoms with Crippen molar-refractivity contribution in [1.82, 2.24) is 9.80 Å². The maximum absolute atomic E-state index is 11.7. The molecule has 0 atom stereocenters. The molecule has 2 amide bonds. The molecule has 22 heavy (non-hydrogen) atoms. The smallest absolute Gasteiger partial charge is 0.286 e. The fourth-order valence-electron chi connectivity index (χ4n) is 2.41. The molecule has 0 aromatic heterocycles. The molecule has 2 aliphatic heterocycles. The SMILES string of the molecule is O=C1SCCC(=S)N1CCCCCCN1C(=O)SCCC1=S. The number of rotatable bonds is 7. The van der Waals surface area contributed by atoms with E-state index in [9.17, 15) is 9.59 Å². The summed E-state index contributed by atoms with van der Waals surface area (Å²) in [6, 6.07) is 0. The molecule has 0 unspecified atom stereocenters. The van der Waals surface area contributed by atoms with E-state index in [1.165, 1.54) is 23.5 Å². The second kappa shape index (κ2) is 9.20. The Bertz CT molecular complexity index is 396. The number of hydrogen-bond acceptors (Lipinski definition) is 6. The van der Waals surface area contributed by atoms with E-state index in [4.69, 9.17) is 24.4 Å². The lowest BCUT2D eigenvalue weighted by Crippen LogP contribution is -2.38. The van der Waals surface area contributed by atoms with Crippen LogP contribution in [0.25, 0.3) is 0 Å². The van der Waals surface area contributed by atoms with Gasteiger partial charge in [0.05, 0.1) is 9.98 Å². The number of carbonyl (C=O) groups is 2. The Balaban J connectivity index is 1.59. The number of thiocarbonyl (C=S) groups is 2. The van der Waals surface area contributed by atoms with Gasteiger partial charge < -0.3 is 0 Å². The van der Waals surface area contributed by atoms with Gasteiger partial charge in [-0.15, -0.1) is 0 Å². The van der Waals surface area contributed by atoms with Crippen LogP contribution in [0.1, 0.15) is 38.5 Å². The van der Waals surface area contributed by atoms with Gasteiger partial charge in [0, 0.05) is 37.4 Å². The molecule has 0 spiro atoms. The molecule has 0 radical (unpaired) electrons. The highest BCUT2D eigenvalue weighted by atomic mass is 32.2. The third-order valence-electron chi connectivity index (χ3n) is 3.64. The highest BCUT2D eigenvalue weighted by Crippen LogP contribution is 2.21. The molecule has 4 nitrogen and oxygen atoms in total. The van der Waals surface area contributed by atoms with Gasteiger partial charge in [-0.25, -0.2) is 0 Å². The molecule has 8 heteroatoms. The minimum atomic E-state index is 0.0949. The quantitative estimate of drug-likeness (QED) is 0.487. The van der Waals surface area contributed by atoms with Crippen LogP contribution in [0.5, 0.6) is 0 Å². The van der Waals surface area contributed by atoms with Gasteiger partial charge in [-0.1, -0.05) is 60.8 Å². The van der Waals surface area contributed by atoms with Crippen LogP contribution in [-0.2, 0) is 0 Å². The fraction of sp³-hybridized carbons (Fsp3) is 0.714. The Morgan fingerprint density at radius 1 is 0.773 bits per heavy atom. The second-order valence-electron chi connectivity index (χ2n) is 5.23. The lowest BCUT2D eigenvalue weighted by molar-refractivity contribution is 0.240. The van der Waals surface area contributed by atoms with E-state index in [0.717, 1.165) is 73.1 Å². The van der Waals surface area contributed by atoms with Gasteiger partial charge in [0.15, 0.2) is 0 Å². The van der Waals surface area contributed by atoms with Gasteiger partial charge in [0.1, 0.15) is 0 Å². The van der Waals surface area contributed by atoms with Crippen LogP contribution in [0.4, 0.5) is 9.59 Å². The monoisotopic (exact) mass is 376 g/mol. The Morgan fingerprint density at radius 3 is 1.55 bits per heavy atom. The lowest BCUT2D eigenvalue weighted by atomic mass is 10.2. The van der Waals surface area contributed by atoms with E-state index in [0.29, 0.717) is 0 Å². The number of carbonyl (C=O) groups excluding carboxylic acids is 2. The maximum Gasteiger partial charge on any atom is 0.286 e. The summed E-state index contributed by atoms with van der Waals surface area (Å²) in [6.45, 7) is 1.45. The van der Waals surface area contributed by atoms with Crippen LogP contribution in [0, 0.1) is 0 Å². The standard InChI is InChI=1S/C14H20N2O2S4/c17-13-15(11(19)5-9-21-13)7-3-1-2-4-8-16-12(20)6-10-22-14(16)18/h1-10H2. The van der Waals surface area contributed by atoms with E-state index in [2.05, 4.69) is 0 Å². The van der Waals surface area contributed by atoms with Crippen molar-refractivity contribution in [3.8, 4) is 0 Å². The zero-order chi connectivity index (χ0) is 15.9. The minimum absolute atomic E-state index is 0.0949. The van der Waals surface area contributed by atoms with Gasteiger partial charge in [0.25, 0.3) is 10.5 Å². The molecule has 2 fully saturated rings. The molecule has 0 aliphatic carbocycles. The van der Waals surface area contributed by atoms with E-state index in [1.54, 1.807) is 9.80 Å². The van der Waals surface area contributed by atoms with Crippen LogP contribution >= 0.6 is 48.0 Å². The average Bonchev–Trinajstić information content (AvgIpc) is 2.47. The summed E-state index contributed by atoms with van der Waals surface area (Å²) in [5.41, 5.74) is 0. The minimum Gasteiger partial charge on any atom is -0.297 e. The summed E-state index contributed by atoms with van der Waals surface area (Å²) in [7, 11) is 0. The van der Waals surface area contributed by atoms with E-state index in [1.807, 2.05) is 0 Å². The fourth-order valence-corrected chi connectivity index (χ4v) is 4.99. The molecule has 0 bridgehead atoms. The third-order valence-corrected chi connectivity index (χ3v) is 6.24. The second-order valence-corrected chi connectivity index (χ2v) is 8.27. The number of thioether (sulfide) groups is 2. The Hall–Kier alpha value is -0.180. The molecular formula is C14H20N2O2S4. The Labute approximate surface area is 150 Å². The topological polar surface area (TPSA) is 40.6 Å². The van der Waals surface area contributed by atoms with Crippen LogP contribution in [0.3, 0.4) is 0 Å². The number of nitrogens with zero attached hydrogens (tertiary/aromatic N) is 2. The molecule has 0 N–H and O–H groups in total. The van der Waals surface area contributed by atoms with E-state index >= 15 is 0 Å². The van der Waals surface area contributed by atoms with Crippen molar-refractivity contribution in [1.29, 1.82) is 0 Å². The summed E-state index contributed by atoms with van der Waals surface area (Å²) in [4.78, 5) is 28.5. The van der Waals surface area contributed by atoms with Crippen LogP contribution in [-0.4, -0.2) is 54.9 Å². The first-order valence-corrected chi connectivity index (χ1v) is 10.3. The maximum atomic E-state index is 11.7. The molecule has 2 rings (SSSR count). The molecular weight excluding hydrogens is 356 g/mol. The van der Waals surface area contributed by atoms with Crippen molar-refractivity contribution in [3.05, 3.63) is 0 Å². The molecule has 0 aromatic carbocycles. The molecule has 0 aromatic rings. The summed E-state index contributed by atoms with van der Waals surface area (Å²) in [6.07, 6.45) is 5.66. The number of amides is 2. The molecule has 2 aliphatic rings. The third kappa shape index (κ3) is 5.18. The summed E-state index contributed by atoms with van der Waals surface area (Å²) >= 11 is 13.2. The number of unbranched alkanes of at least 4 members (excludes halogenated alkanes) is 3. The summed E-state index contributed by atoms with van der Waals surface area (Å²) in [5.74, 6) is 1.63. The van der Waals surface area contributed by atoms with Gasteiger partial charge in [-0.3, -0.25) is 19.4 Å². The van der Waals surface area contributed by atoms with Crippen LogP contribution in [0.15, 0.2) is 0 Å². The van der Waals surface area contributed by atoms with Crippen LogP contribution in [0.2, 0.25) is 0 Å². The van der Waals surface area contributed by atoms with Crippen molar-refractivity contribution >= 4 is 68.4 Å². The Kier molecular flexibility index (Phi) is 7.59. The largest absolute Gasteiger partial charge is 0.297 e. The predicted molar refractivity (Wildman–Crippen MR) is 102 cm³/mol. The van der Waals surface area contributed by atoms with E-state index in [-0.39, 0.29) is 10.5 Å². The predicted octanol–water partition coefficient (Wildman–Crippen LogP) is 4.32. The van der Waals surface area contributed by atoms with Crippen LogP contribution < -0.4 is 0 Å². The zero-order valence-electron chi connectivity index (χ0n) is 12.4. The number of hydrogen-bond donors (Lipinski definition) is 0. The Morgan fingerprint density at radius 2 is 1.18 bits per heavy atom. The average molecular weight is 377 g/mol. The zero-order valence-corrected chi connectivity index (χ0v) is 15.7. The van der Waals surface area contributed by atoms with Crippen molar-refractivity contribution in [3.63, 3.8) is 0 Å². The summed E-state index contributed by atoms with van der Waals surface area (Å²) in [5, 5.41) is 0.190. The van der Waals surface area contributed by atoms with Crippen molar-refractivity contribution in [2.75, 3.05) is 24.6 Å². The van der Waals surface area contributed by atoms with E-state index < -0.39 is 0 Å². The molecule has 122 valence electrons. The van der Waals surface area contributed by atoms with Crippen molar-refractivity contribution < 1.29 is 9.59 Å². The molecule has 2 heterocycles. The first kappa shape index (κ1) is 18.2. The highest BCUT2D eigenvalue weighted by Gasteiger charge is 2.24. The van der Waals surface area contributed by atoms with Crippen molar-refractivity contribution in [2.24, 2.45) is 0 Å².